The van der Waals surface area contributed by atoms with Gasteiger partial charge in [-0.1, -0.05) is 87.2 Å². The van der Waals surface area contributed by atoms with E-state index in [1.165, 1.54) is 6.42 Å². The SMILES string of the molecule is CCCCN1C(=O)[C@@H]([C@H](O)C2CCCCC2)NC(=O)C12CCN(Cc1ccc([C@H](O)c3ccccc3)cc1)CC2.Cl. The van der Waals surface area contributed by atoms with Gasteiger partial charge in [-0.25, -0.2) is 0 Å². The lowest BCUT2D eigenvalue weighted by Crippen LogP contribution is -2.75. The highest BCUT2D eigenvalue weighted by Gasteiger charge is 2.55. The number of unbranched alkanes of at least 4 members (excludes halogenated alkanes) is 1. The number of carbonyl (C=O) groups is 2. The van der Waals surface area contributed by atoms with Crippen molar-refractivity contribution < 1.29 is 19.8 Å². The standard InChI is InChI=1S/C33H45N3O4.ClH/c1-2-3-20-36-31(39)28(30(38)26-12-8-5-9-13-26)34-32(40)33(36)18-21-35(22-19-33)23-24-14-16-27(17-15-24)29(37)25-10-6-4-7-11-25;/h4,6-7,10-11,14-17,26,28-30,37-38H,2-3,5,8-9,12-13,18-23H2,1H3,(H,34,40);1H/t28-,29-,30-;/m1./s1. The lowest BCUT2D eigenvalue weighted by atomic mass is 9.78. The van der Waals surface area contributed by atoms with Gasteiger partial charge in [0, 0.05) is 26.2 Å². The van der Waals surface area contributed by atoms with Crippen LogP contribution in [0.1, 0.15) is 87.5 Å². The Bertz CT molecular complexity index is 1130. The largest absolute Gasteiger partial charge is 0.390 e. The molecule has 41 heavy (non-hydrogen) atoms. The Morgan fingerprint density at radius 2 is 1.56 bits per heavy atom. The number of likely N-dealkylation sites (tertiary alicyclic amines) is 1. The molecule has 0 aromatic heterocycles. The van der Waals surface area contributed by atoms with Crippen LogP contribution in [0.15, 0.2) is 54.6 Å². The minimum Gasteiger partial charge on any atom is -0.390 e. The highest BCUT2D eigenvalue weighted by atomic mass is 35.5. The molecule has 3 atom stereocenters. The number of rotatable bonds is 9. The normalized spacial score (nSPS) is 23.1. The van der Waals surface area contributed by atoms with Gasteiger partial charge < -0.3 is 20.4 Å². The van der Waals surface area contributed by atoms with Gasteiger partial charge in [-0.15, -0.1) is 12.4 Å². The van der Waals surface area contributed by atoms with Crippen LogP contribution >= 0.6 is 12.4 Å². The van der Waals surface area contributed by atoms with E-state index in [1.54, 1.807) is 0 Å². The zero-order valence-electron chi connectivity index (χ0n) is 24.2. The predicted molar refractivity (Wildman–Crippen MR) is 163 cm³/mol. The maximum atomic E-state index is 13.8. The van der Waals surface area contributed by atoms with E-state index in [4.69, 9.17) is 0 Å². The third-order valence-corrected chi connectivity index (χ3v) is 9.47. The van der Waals surface area contributed by atoms with Crippen LogP contribution in [-0.4, -0.2) is 69.1 Å². The summed E-state index contributed by atoms with van der Waals surface area (Å²) in [6.45, 7) is 4.84. The summed E-state index contributed by atoms with van der Waals surface area (Å²) in [5.74, 6) is -0.124. The Hall–Kier alpha value is -2.45. The van der Waals surface area contributed by atoms with Gasteiger partial charge in [-0.05, 0) is 54.7 Å². The molecule has 0 radical (unpaired) electrons. The number of nitrogens with zero attached hydrogens (tertiary/aromatic N) is 2. The fourth-order valence-corrected chi connectivity index (χ4v) is 6.93. The van der Waals surface area contributed by atoms with Crippen molar-refractivity contribution in [3.8, 4) is 0 Å². The highest BCUT2D eigenvalue weighted by molar-refractivity contribution is 6.00. The average molecular weight is 584 g/mol. The van der Waals surface area contributed by atoms with E-state index in [-0.39, 0.29) is 30.1 Å². The molecule has 8 heteroatoms. The van der Waals surface area contributed by atoms with Crippen molar-refractivity contribution in [2.24, 2.45) is 5.92 Å². The summed E-state index contributed by atoms with van der Waals surface area (Å²) in [4.78, 5) is 31.7. The summed E-state index contributed by atoms with van der Waals surface area (Å²) in [6.07, 6.45) is 6.66. The second kappa shape index (κ2) is 14.1. The van der Waals surface area contributed by atoms with Crippen LogP contribution in [-0.2, 0) is 16.1 Å². The summed E-state index contributed by atoms with van der Waals surface area (Å²) >= 11 is 0. The first-order chi connectivity index (χ1) is 19.4. The monoisotopic (exact) mass is 583 g/mol. The molecule has 3 aliphatic rings. The van der Waals surface area contributed by atoms with Crippen molar-refractivity contribution in [3.05, 3.63) is 71.3 Å². The smallest absolute Gasteiger partial charge is 0.248 e. The molecule has 0 bridgehead atoms. The van der Waals surface area contributed by atoms with Crippen LogP contribution in [0.25, 0.3) is 0 Å². The molecular formula is C33H46ClN3O4. The van der Waals surface area contributed by atoms with Crippen LogP contribution < -0.4 is 5.32 Å². The number of piperidine rings is 1. The van der Waals surface area contributed by atoms with Gasteiger partial charge in [0.1, 0.15) is 17.7 Å². The maximum Gasteiger partial charge on any atom is 0.248 e. The molecule has 3 N–H and O–H groups in total. The van der Waals surface area contributed by atoms with Gasteiger partial charge in [-0.3, -0.25) is 14.5 Å². The van der Waals surface area contributed by atoms with E-state index in [9.17, 15) is 19.8 Å². The van der Waals surface area contributed by atoms with Crippen molar-refractivity contribution in [3.63, 3.8) is 0 Å². The maximum absolute atomic E-state index is 13.8. The van der Waals surface area contributed by atoms with Crippen LogP contribution in [0.4, 0.5) is 0 Å². The number of benzene rings is 2. The Balaban J connectivity index is 0.00000387. The number of nitrogens with one attached hydrogen (secondary N) is 1. The first kappa shape index (κ1) is 31.5. The molecule has 1 aliphatic carbocycles. The molecule has 2 heterocycles. The molecule has 2 aliphatic heterocycles. The summed E-state index contributed by atoms with van der Waals surface area (Å²) in [7, 11) is 0. The first-order valence-electron chi connectivity index (χ1n) is 15.3. The van der Waals surface area contributed by atoms with E-state index in [2.05, 4.69) is 29.3 Å². The number of hydrogen-bond acceptors (Lipinski definition) is 5. The zero-order valence-corrected chi connectivity index (χ0v) is 25.0. The Kier molecular flexibility index (Phi) is 10.9. The average Bonchev–Trinajstić information content (AvgIpc) is 3.00. The molecule has 2 aromatic rings. The Labute approximate surface area is 250 Å². The minimum absolute atomic E-state index is 0. The minimum atomic E-state index is -0.838. The number of aliphatic hydroxyl groups excluding tert-OH is 2. The van der Waals surface area contributed by atoms with Crippen molar-refractivity contribution in [1.29, 1.82) is 0 Å². The van der Waals surface area contributed by atoms with Crippen molar-refractivity contribution >= 4 is 24.2 Å². The van der Waals surface area contributed by atoms with Crippen LogP contribution in [0.2, 0.25) is 0 Å². The van der Waals surface area contributed by atoms with Gasteiger partial charge in [-0.2, -0.15) is 0 Å². The van der Waals surface area contributed by atoms with E-state index < -0.39 is 23.8 Å². The third-order valence-electron chi connectivity index (χ3n) is 9.47. The van der Waals surface area contributed by atoms with E-state index in [0.717, 1.165) is 61.8 Å². The van der Waals surface area contributed by atoms with Crippen LogP contribution in [0.3, 0.4) is 0 Å². The van der Waals surface area contributed by atoms with Gasteiger partial charge in [0.15, 0.2) is 0 Å². The third kappa shape index (κ3) is 6.80. The van der Waals surface area contributed by atoms with Gasteiger partial charge in [0.05, 0.1) is 6.10 Å². The summed E-state index contributed by atoms with van der Waals surface area (Å²) < 4.78 is 0. The predicted octanol–water partition coefficient (Wildman–Crippen LogP) is 4.59. The summed E-state index contributed by atoms with van der Waals surface area (Å²) in [5, 5.41) is 24.9. The molecule has 7 nitrogen and oxygen atoms in total. The molecular weight excluding hydrogens is 538 g/mol. The van der Waals surface area contributed by atoms with Crippen LogP contribution in [0.5, 0.6) is 0 Å². The van der Waals surface area contributed by atoms with Gasteiger partial charge >= 0.3 is 0 Å². The number of piperazine rings is 1. The Morgan fingerprint density at radius 3 is 2.20 bits per heavy atom. The number of carbonyl (C=O) groups excluding carboxylic acids is 2. The van der Waals surface area contributed by atoms with Gasteiger partial charge in [0.2, 0.25) is 11.8 Å². The van der Waals surface area contributed by atoms with E-state index in [0.29, 0.717) is 32.5 Å². The fraction of sp³-hybridized carbons (Fsp3) is 0.576. The molecule has 5 rings (SSSR count). The van der Waals surface area contributed by atoms with Crippen molar-refractivity contribution in [1.82, 2.24) is 15.1 Å². The summed E-state index contributed by atoms with van der Waals surface area (Å²) in [6, 6.07) is 16.9. The number of amides is 2. The number of hydrogen-bond donors (Lipinski definition) is 3. The molecule has 2 aromatic carbocycles. The Morgan fingerprint density at radius 1 is 0.927 bits per heavy atom. The second-order valence-corrected chi connectivity index (χ2v) is 12.0. The molecule has 1 spiro atoms. The highest BCUT2D eigenvalue weighted by Crippen LogP contribution is 2.36. The summed E-state index contributed by atoms with van der Waals surface area (Å²) in [5.41, 5.74) is 2.05. The second-order valence-electron chi connectivity index (χ2n) is 12.0. The number of aliphatic hydroxyl groups is 2. The van der Waals surface area contributed by atoms with Crippen molar-refractivity contribution in [2.75, 3.05) is 19.6 Å². The molecule has 1 saturated carbocycles. The van der Waals surface area contributed by atoms with Crippen LogP contribution in [0, 0.1) is 5.92 Å². The van der Waals surface area contributed by atoms with Gasteiger partial charge in [0.25, 0.3) is 0 Å². The van der Waals surface area contributed by atoms with E-state index in [1.807, 2.05) is 47.4 Å². The molecule has 3 fully saturated rings. The lowest BCUT2D eigenvalue weighted by Gasteiger charge is -2.52. The molecule has 0 unspecified atom stereocenters. The fourth-order valence-electron chi connectivity index (χ4n) is 6.93. The van der Waals surface area contributed by atoms with E-state index >= 15 is 0 Å². The quantitative estimate of drug-likeness (QED) is 0.401. The topological polar surface area (TPSA) is 93.1 Å². The zero-order chi connectivity index (χ0) is 28.1. The first-order valence-corrected chi connectivity index (χ1v) is 15.3. The lowest BCUT2D eigenvalue weighted by molar-refractivity contribution is -0.166. The number of halogens is 1. The molecule has 2 saturated heterocycles. The molecule has 224 valence electrons. The van der Waals surface area contributed by atoms with Crippen molar-refractivity contribution in [2.45, 2.75) is 95.0 Å². The molecule has 2 amide bonds.